The van der Waals surface area contributed by atoms with Gasteiger partial charge in [-0.2, -0.15) is 5.10 Å². The molecular formula is C17H17N3S2. The number of hydrogen-bond acceptors (Lipinski definition) is 5. The van der Waals surface area contributed by atoms with Gasteiger partial charge in [0, 0.05) is 5.38 Å². The van der Waals surface area contributed by atoms with E-state index in [9.17, 15) is 0 Å². The number of thiazole rings is 1. The second-order valence-electron chi connectivity index (χ2n) is 5.21. The molecule has 22 heavy (non-hydrogen) atoms. The van der Waals surface area contributed by atoms with Crippen LogP contribution in [0.3, 0.4) is 0 Å². The molecule has 0 bridgehead atoms. The molecule has 1 N–H and O–H groups in total. The van der Waals surface area contributed by atoms with Crippen molar-refractivity contribution in [1.29, 1.82) is 0 Å². The van der Waals surface area contributed by atoms with Gasteiger partial charge in [0.25, 0.3) is 0 Å². The SMILES string of the molecule is CC(C)c1ccc(/C=N\Nc2nc(-c3cccs3)cs2)cc1. The van der Waals surface area contributed by atoms with Gasteiger partial charge in [-0.3, -0.25) is 5.43 Å². The Kier molecular flexibility index (Phi) is 4.65. The molecule has 0 saturated heterocycles. The molecule has 0 aliphatic rings. The van der Waals surface area contributed by atoms with Crippen molar-refractivity contribution in [2.75, 3.05) is 5.43 Å². The molecule has 2 heterocycles. The molecule has 0 atom stereocenters. The van der Waals surface area contributed by atoms with Crippen molar-refractivity contribution in [2.45, 2.75) is 19.8 Å². The second kappa shape index (κ2) is 6.85. The zero-order chi connectivity index (χ0) is 15.4. The van der Waals surface area contributed by atoms with E-state index in [2.05, 4.69) is 65.1 Å². The van der Waals surface area contributed by atoms with Gasteiger partial charge in [-0.05, 0) is 28.5 Å². The normalized spacial score (nSPS) is 11.4. The Labute approximate surface area is 138 Å². The summed E-state index contributed by atoms with van der Waals surface area (Å²) in [5.74, 6) is 0.551. The number of nitrogens with zero attached hydrogens (tertiary/aromatic N) is 2. The number of benzene rings is 1. The molecule has 2 aromatic heterocycles. The first kappa shape index (κ1) is 14.9. The molecule has 0 fully saturated rings. The predicted octanol–water partition coefficient (Wildman–Crippen LogP) is 5.44. The summed E-state index contributed by atoms with van der Waals surface area (Å²) in [6.07, 6.45) is 1.82. The smallest absolute Gasteiger partial charge is 0.203 e. The lowest BCUT2D eigenvalue weighted by atomic mass is 10.0. The van der Waals surface area contributed by atoms with Crippen molar-refractivity contribution in [3.63, 3.8) is 0 Å². The zero-order valence-electron chi connectivity index (χ0n) is 12.5. The molecule has 0 saturated carbocycles. The Bertz CT molecular complexity index is 741. The fourth-order valence-electron chi connectivity index (χ4n) is 1.99. The van der Waals surface area contributed by atoms with E-state index in [1.807, 2.05) is 17.7 Å². The Hall–Kier alpha value is -1.98. The van der Waals surface area contributed by atoms with Gasteiger partial charge >= 0.3 is 0 Å². The summed E-state index contributed by atoms with van der Waals surface area (Å²) >= 11 is 3.25. The average molecular weight is 327 g/mol. The van der Waals surface area contributed by atoms with Crippen LogP contribution in [0.15, 0.2) is 52.3 Å². The highest BCUT2D eigenvalue weighted by atomic mass is 32.1. The number of nitrogens with one attached hydrogen (secondary N) is 1. The molecule has 0 aliphatic carbocycles. The first-order valence-corrected chi connectivity index (χ1v) is 8.87. The molecule has 0 amide bonds. The summed E-state index contributed by atoms with van der Waals surface area (Å²) < 4.78 is 0. The molecule has 0 aliphatic heterocycles. The van der Waals surface area contributed by atoms with Gasteiger partial charge in [-0.15, -0.1) is 22.7 Å². The number of hydrogen-bond donors (Lipinski definition) is 1. The van der Waals surface area contributed by atoms with Crippen LogP contribution in [-0.4, -0.2) is 11.2 Å². The van der Waals surface area contributed by atoms with Crippen LogP contribution < -0.4 is 5.43 Å². The van der Waals surface area contributed by atoms with Crippen LogP contribution in [-0.2, 0) is 0 Å². The van der Waals surface area contributed by atoms with Gasteiger partial charge < -0.3 is 0 Å². The van der Waals surface area contributed by atoms with Crippen molar-refractivity contribution in [2.24, 2.45) is 5.10 Å². The van der Waals surface area contributed by atoms with Crippen LogP contribution in [0.1, 0.15) is 30.9 Å². The van der Waals surface area contributed by atoms with E-state index >= 15 is 0 Å². The monoisotopic (exact) mass is 327 g/mol. The fourth-order valence-corrected chi connectivity index (χ4v) is 3.41. The van der Waals surface area contributed by atoms with Crippen LogP contribution >= 0.6 is 22.7 Å². The summed E-state index contributed by atoms with van der Waals surface area (Å²) in [5.41, 5.74) is 6.41. The van der Waals surface area contributed by atoms with Crippen molar-refractivity contribution in [3.8, 4) is 10.6 Å². The van der Waals surface area contributed by atoms with Gasteiger partial charge in [0.2, 0.25) is 5.13 Å². The molecule has 3 aromatic rings. The highest BCUT2D eigenvalue weighted by Crippen LogP contribution is 2.28. The van der Waals surface area contributed by atoms with Crippen LogP contribution in [0.2, 0.25) is 0 Å². The molecule has 0 radical (unpaired) electrons. The predicted molar refractivity (Wildman–Crippen MR) is 97.2 cm³/mol. The molecule has 112 valence electrons. The summed E-state index contributed by atoms with van der Waals surface area (Å²) in [6, 6.07) is 12.6. The minimum Gasteiger partial charge on any atom is -0.253 e. The van der Waals surface area contributed by atoms with Gasteiger partial charge in [-0.1, -0.05) is 44.2 Å². The lowest BCUT2D eigenvalue weighted by Gasteiger charge is -2.04. The van der Waals surface area contributed by atoms with E-state index in [-0.39, 0.29) is 0 Å². The second-order valence-corrected chi connectivity index (χ2v) is 7.01. The molecule has 3 rings (SSSR count). The summed E-state index contributed by atoms with van der Waals surface area (Å²) in [6.45, 7) is 4.39. The minimum atomic E-state index is 0.551. The fraction of sp³-hybridized carbons (Fsp3) is 0.176. The van der Waals surface area contributed by atoms with Crippen LogP contribution in [0.5, 0.6) is 0 Å². The number of rotatable bonds is 5. The number of thiophene rings is 1. The number of anilines is 1. The summed E-state index contributed by atoms with van der Waals surface area (Å²) in [5, 5.41) is 9.16. The van der Waals surface area contributed by atoms with E-state index in [4.69, 9.17) is 0 Å². The van der Waals surface area contributed by atoms with Gasteiger partial charge in [0.15, 0.2) is 0 Å². The first-order chi connectivity index (χ1) is 10.7. The van der Waals surface area contributed by atoms with Crippen LogP contribution in [0.25, 0.3) is 10.6 Å². The summed E-state index contributed by atoms with van der Waals surface area (Å²) in [4.78, 5) is 5.70. The molecule has 0 unspecified atom stereocenters. The topological polar surface area (TPSA) is 37.3 Å². The Balaban J connectivity index is 1.62. The highest BCUT2D eigenvalue weighted by Gasteiger charge is 2.04. The largest absolute Gasteiger partial charge is 0.253 e. The maximum atomic E-state index is 4.53. The minimum absolute atomic E-state index is 0.551. The van der Waals surface area contributed by atoms with Gasteiger partial charge in [0.05, 0.1) is 16.8 Å². The molecule has 5 heteroatoms. The molecular weight excluding hydrogens is 310 g/mol. The van der Waals surface area contributed by atoms with Gasteiger partial charge in [-0.25, -0.2) is 4.98 Å². The van der Waals surface area contributed by atoms with E-state index in [0.717, 1.165) is 16.4 Å². The molecule has 3 nitrogen and oxygen atoms in total. The molecule has 1 aromatic carbocycles. The third-order valence-electron chi connectivity index (χ3n) is 3.25. The highest BCUT2D eigenvalue weighted by molar-refractivity contribution is 7.15. The average Bonchev–Trinajstić information content (AvgIpc) is 3.19. The zero-order valence-corrected chi connectivity index (χ0v) is 14.1. The van der Waals surface area contributed by atoms with E-state index < -0.39 is 0 Å². The van der Waals surface area contributed by atoms with Crippen LogP contribution in [0.4, 0.5) is 5.13 Å². The number of aromatic nitrogens is 1. The Morgan fingerprint density at radius 1 is 1.14 bits per heavy atom. The third-order valence-corrected chi connectivity index (χ3v) is 4.89. The third kappa shape index (κ3) is 3.61. The number of hydrazone groups is 1. The quantitative estimate of drug-likeness (QED) is 0.500. The first-order valence-electron chi connectivity index (χ1n) is 7.11. The van der Waals surface area contributed by atoms with Crippen molar-refractivity contribution in [1.82, 2.24) is 4.98 Å². The standard InChI is InChI=1S/C17H17N3S2/c1-12(2)14-7-5-13(6-8-14)10-18-20-17-19-15(11-22-17)16-4-3-9-21-16/h3-12H,1-2H3,(H,19,20)/b18-10-. The molecule has 0 spiro atoms. The van der Waals surface area contributed by atoms with E-state index in [0.29, 0.717) is 5.92 Å². The maximum absolute atomic E-state index is 4.53. The van der Waals surface area contributed by atoms with Crippen LogP contribution in [0, 0.1) is 0 Å². The maximum Gasteiger partial charge on any atom is 0.203 e. The van der Waals surface area contributed by atoms with Crippen molar-refractivity contribution in [3.05, 3.63) is 58.3 Å². The lowest BCUT2D eigenvalue weighted by Crippen LogP contribution is -1.91. The van der Waals surface area contributed by atoms with Crippen molar-refractivity contribution >= 4 is 34.0 Å². The lowest BCUT2D eigenvalue weighted by molar-refractivity contribution is 0.866. The van der Waals surface area contributed by atoms with Crippen molar-refractivity contribution < 1.29 is 0 Å². The van der Waals surface area contributed by atoms with E-state index in [1.165, 1.54) is 10.4 Å². The van der Waals surface area contributed by atoms with E-state index in [1.54, 1.807) is 22.7 Å². The van der Waals surface area contributed by atoms with Gasteiger partial charge in [0.1, 0.15) is 0 Å². The summed E-state index contributed by atoms with van der Waals surface area (Å²) in [7, 11) is 0. The Morgan fingerprint density at radius 2 is 1.95 bits per heavy atom. The Morgan fingerprint density at radius 3 is 2.64 bits per heavy atom.